The van der Waals surface area contributed by atoms with Crippen molar-refractivity contribution in [3.8, 4) is 51.2 Å². The molecular formula is C57H36N6. The molecule has 0 radical (unpaired) electrons. The maximum absolute atomic E-state index is 5.24. The minimum atomic E-state index is 0.619. The van der Waals surface area contributed by atoms with Gasteiger partial charge in [0, 0.05) is 52.3 Å². The van der Waals surface area contributed by atoms with Gasteiger partial charge in [-0.25, -0.2) is 15.0 Å². The summed E-state index contributed by atoms with van der Waals surface area (Å²) in [6.45, 7) is 0. The van der Waals surface area contributed by atoms with Crippen molar-refractivity contribution >= 4 is 65.0 Å². The number of rotatable bonds is 6. The Balaban J connectivity index is 0.960. The lowest BCUT2D eigenvalue weighted by atomic mass is 10.0. The van der Waals surface area contributed by atoms with Crippen molar-refractivity contribution in [2.24, 2.45) is 0 Å². The van der Waals surface area contributed by atoms with Gasteiger partial charge < -0.3 is 13.7 Å². The summed E-state index contributed by atoms with van der Waals surface area (Å²) in [4.78, 5) is 15.7. The van der Waals surface area contributed by atoms with Crippen LogP contribution in [0.3, 0.4) is 0 Å². The lowest BCUT2D eigenvalue weighted by molar-refractivity contribution is 1.08. The SMILES string of the molecule is c1ccc2c(c1)ccn2-c1ccc2ccc(-c3nc(-c4ccc5ccc(-n6ccc7ccccc76)cc5c4)nc(-c4ccc5ccc(-n6ccc7ccccc76)cc5c4)n3)cc2c1. The number of aromatic nitrogens is 6. The number of para-hydroxylation sites is 3. The van der Waals surface area contributed by atoms with Crippen LogP contribution in [0.25, 0.3) is 116 Å². The first-order chi connectivity index (χ1) is 31.1. The first-order valence-electron chi connectivity index (χ1n) is 21.2. The van der Waals surface area contributed by atoms with Crippen LogP contribution in [0.15, 0.2) is 219 Å². The average molecular weight is 805 g/mol. The molecule has 0 fully saturated rings. The molecule has 13 rings (SSSR count). The van der Waals surface area contributed by atoms with Crippen LogP contribution < -0.4 is 0 Å². The molecule has 0 aliphatic rings. The third-order valence-electron chi connectivity index (χ3n) is 12.5. The van der Waals surface area contributed by atoms with Crippen LogP contribution >= 0.6 is 0 Å². The van der Waals surface area contributed by atoms with Gasteiger partial charge in [-0.3, -0.25) is 0 Å². The van der Waals surface area contributed by atoms with Gasteiger partial charge in [-0.1, -0.05) is 109 Å². The monoisotopic (exact) mass is 804 g/mol. The second kappa shape index (κ2) is 14.0. The smallest absolute Gasteiger partial charge is 0.164 e. The van der Waals surface area contributed by atoms with Gasteiger partial charge in [0.2, 0.25) is 0 Å². The van der Waals surface area contributed by atoms with Crippen LogP contribution in [-0.4, -0.2) is 28.7 Å². The topological polar surface area (TPSA) is 53.5 Å². The minimum Gasteiger partial charge on any atom is -0.317 e. The summed E-state index contributed by atoms with van der Waals surface area (Å²) >= 11 is 0. The molecule has 294 valence electrons. The molecule has 4 aromatic heterocycles. The van der Waals surface area contributed by atoms with Crippen LogP contribution in [0.2, 0.25) is 0 Å². The molecular weight excluding hydrogens is 769 g/mol. The van der Waals surface area contributed by atoms with E-state index in [1.165, 1.54) is 32.7 Å². The van der Waals surface area contributed by atoms with Gasteiger partial charge in [0.15, 0.2) is 17.5 Å². The van der Waals surface area contributed by atoms with E-state index in [0.29, 0.717) is 17.5 Å². The molecule has 9 aromatic carbocycles. The number of hydrogen-bond donors (Lipinski definition) is 0. The first-order valence-corrected chi connectivity index (χ1v) is 21.2. The highest BCUT2D eigenvalue weighted by atomic mass is 15.0. The molecule has 0 saturated heterocycles. The van der Waals surface area contributed by atoms with Gasteiger partial charge in [-0.2, -0.15) is 0 Å². The number of benzene rings is 9. The number of nitrogens with zero attached hydrogens (tertiary/aromatic N) is 6. The fourth-order valence-electron chi connectivity index (χ4n) is 9.26. The van der Waals surface area contributed by atoms with E-state index >= 15 is 0 Å². The molecule has 0 aliphatic heterocycles. The molecule has 13 aromatic rings. The van der Waals surface area contributed by atoms with Crippen molar-refractivity contribution in [1.29, 1.82) is 0 Å². The average Bonchev–Trinajstić information content (AvgIpc) is 4.10. The van der Waals surface area contributed by atoms with Crippen molar-refractivity contribution in [1.82, 2.24) is 28.7 Å². The Labute approximate surface area is 362 Å². The van der Waals surface area contributed by atoms with Gasteiger partial charge in [-0.05, 0) is 139 Å². The lowest BCUT2D eigenvalue weighted by Gasteiger charge is -2.12. The zero-order valence-electron chi connectivity index (χ0n) is 34.0. The number of hydrogen-bond acceptors (Lipinski definition) is 3. The fraction of sp³-hybridized carbons (Fsp3) is 0. The lowest BCUT2D eigenvalue weighted by Crippen LogP contribution is -2.00. The van der Waals surface area contributed by atoms with E-state index in [1.807, 2.05) is 0 Å². The van der Waals surface area contributed by atoms with Crippen molar-refractivity contribution in [2.75, 3.05) is 0 Å². The maximum atomic E-state index is 5.24. The highest BCUT2D eigenvalue weighted by molar-refractivity contribution is 5.93. The maximum Gasteiger partial charge on any atom is 0.164 e. The zero-order chi connectivity index (χ0) is 41.4. The molecule has 0 spiro atoms. The summed E-state index contributed by atoms with van der Waals surface area (Å²) in [6, 6.07) is 71.3. The Morgan fingerprint density at radius 2 is 0.540 bits per heavy atom. The minimum absolute atomic E-state index is 0.619. The quantitative estimate of drug-likeness (QED) is 0.168. The predicted octanol–water partition coefficient (Wildman–Crippen LogP) is 14.2. The van der Waals surface area contributed by atoms with Gasteiger partial charge >= 0.3 is 0 Å². The van der Waals surface area contributed by atoms with Crippen LogP contribution in [0, 0.1) is 0 Å². The normalized spacial score (nSPS) is 11.8. The summed E-state index contributed by atoms with van der Waals surface area (Å²) in [5.41, 5.74) is 9.60. The first kappa shape index (κ1) is 35.2. The van der Waals surface area contributed by atoms with Gasteiger partial charge in [-0.15, -0.1) is 0 Å². The molecule has 0 unspecified atom stereocenters. The van der Waals surface area contributed by atoms with E-state index in [0.717, 1.165) is 66.1 Å². The highest BCUT2D eigenvalue weighted by Crippen LogP contribution is 2.33. The van der Waals surface area contributed by atoms with Crippen LogP contribution in [0.4, 0.5) is 0 Å². The Bertz CT molecular complexity index is 3520. The molecule has 0 saturated carbocycles. The largest absolute Gasteiger partial charge is 0.317 e. The van der Waals surface area contributed by atoms with Crippen LogP contribution in [0.1, 0.15) is 0 Å². The Kier molecular flexibility index (Phi) is 7.80. The molecule has 6 nitrogen and oxygen atoms in total. The zero-order valence-corrected chi connectivity index (χ0v) is 34.0. The van der Waals surface area contributed by atoms with E-state index in [2.05, 4.69) is 232 Å². The second-order valence-electron chi connectivity index (χ2n) is 16.3. The van der Waals surface area contributed by atoms with Gasteiger partial charge in [0.25, 0.3) is 0 Å². The Morgan fingerprint density at radius 1 is 0.238 bits per heavy atom. The molecule has 6 heteroatoms. The van der Waals surface area contributed by atoms with Crippen LogP contribution in [-0.2, 0) is 0 Å². The van der Waals surface area contributed by atoms with Gasteiger partial charge in [0.1, 0.15) is 0 Å². The van der Waals surface area contributed by atoms with Crippen molar-refractivity contribution in [2.45, 2.75) is 0 Å². The summed E-state index contributed by atoms with van der Waals surface area (Å²) in [5, 5.41) is 10.4. The molecule has 0 amide bonds. The number of fused-ring (bicyclic) bond motifs is 6. The highest BCUT2D eigenvalue weighted by Gasteiger charge is 2.16. The summed E-state index contributed by atoms with van der Waals surface area (Å²) in [7, 11) is 0. The standard InChI is InChI=1S/C57H36N6/c1-4-10-52-40(7-1)25-28-61(52)49-22-19-37-13-16-43(31-46(37)34-49)55-58-56(44-17-14-38-20-23-50(35-47(38)32-44)62-29-26-41-8-2-5-11-53(41)62)60-57(59-55)45-18-15-39-21-24-51(36-48(39)33-45)63-30-27-42-9-3-6-12-54(42)63/h1-36H. The van der Waals surface area contributed by atoms with Crippen LogP contribution in [0.5, 0.6) is 0 Å². The third-order valence-corrected chi connectivity index (χ3v) is 12.5. The molecule has 0 aliphatic carbocycles. The molecule has 0 atom stereocenters. The fourth-order valence-corrected chi connectivity index (χ4v) is 9.26. The van der Waals surface area contributed by atoms with E-state index in [4.69, 9.17) is 15.0 Å². The molecule has 0 bridgehead atoms. The van der Waals surface area contributed by atoms with Crippen molar-refractivity contribution < 1.29 is 0 Å². The molecule has 63 heavy (non-hydrogen) atoms. The summed E-state index contributed by atoms with van der Waals surface area (Å²) in [5.74, 6) is 1.86. The molecule has 0 N–H and O–H groups in total. The van der Waals surface area contributed by atoms with E-state index in [1.54, 1.807) is 0 Å². The second-order valence-corrected chi connectivity index (χ2v) is 16.3. The Hall–Kier alpha value is -8.61. The van der Waals surface area contributed by atoms with Crippen molar-refractivity contribution in [3.63, 3.8) is 0 Å². The van der Waals surface area contributed by atoms with E-state index < -0.39 is 0 Å². The van der Waals surface area contributed by atoms with E-state index in [-0.39, 0.29) is 0 Å². The third kappa shape index (κ3) is 5.99. The predicted molar refractivity (Wildman–Crippen MR) is 259 cm³/mol. The molecule has 4 heterocycles. The van der Waals surface area contributed by atoms with Gasteiger partial charge in [0.05, 0.1) is 16.6 Å². The van der Waals surface area contributed by atoms with E-state index in [9.17, 15) is 0 Å². The Morgan fingerprint density at radius 3 is 0.873 bits per heavy atom. The van der Waals surface area contributed by atoms with Crippen molar-refractivity contribution in [3.05, 3.63) is 219 Å². The summed E-state index contributed by atoms with van der Waals surface area (Å²) < 4.78 is 6.73. The summed E-state index contributed by atoms with van der Waals surface area (Å²) in [6.07, 6.45) is 6.42.